The molecule has 4 nitrogen and oxygen atoms in total. The van der Waals surface area contributed by atoms with Crippen molar-refractivity contribution in [3.63, 3.8) is 0 Å². The molecule has 0 spiro atoms. The van der Waals surface area contributed by atoms with Crippen LogP contribution in [0.15, 0.2) is 121 Å². The van der Waals surface area contributed by atoms with Crippen LogP contribution >= 0.6 is 37.2 Å². The number of nitrogens with one attached hydrogen (secondary N) is 3. The number of hydrogen-bond donors (Lipinski definition) is 3. The Hall–Kier alpha value is -1.70. The molecule has 1 aliphatic rings. The molecule has 3 N–H and O–H groups in total. The Bertz CT molecular complexity index is 635. The fourth-order valence-electron chi connectivity index (χ4n) is 3.16. The number of hydrogen-bond acceptors (Lipinski definition) is 3. The molecule has 268 valence electrons. The summed E-state index contributed by atoms with van der Waals surface area (Å²) in [4.78, 5) is 0. The monoisotopic (exact) mass is 736 g/mol. The molecule has 1 saturated heterocycles. The van der Waals surface area contributed by atoms with Gasteiger partial charge < -0.3 is 43.5 Å². The van der Waals surface area contributed by atoms with Crippen molar-refractivity contribution in [3.05, 3.63) is 173 Å². The zero-order chi connectivity index (χ0) is 28.3. The van der Waals surface area contributed by atoms with Gasteiger partial charge in [0.2, 0.25) is 0 Å². The SMILES string of the molecule is C1C[N-]CCCNCCCNCCCNC1.Cl.Cl.Cl.[CH3-].[CH3-].[CH3-].[Ti].[c-]1ccccc1.[c-]1ccccc1.[c-]1ccccc1.[c-]1ccccc1. The molecule has 0 amide bonds. The molecular formula is C39H59Cl3N4Ti-8. The zero-order valence-electron chi connectivity index (χ0n) is 28.7. The van der Waals surface area contributed by atoms with Crippen LogP contribution in [-0.2, 0) is 21.7 Å². The summed E-state index contributed by atoms with van der Waals surface area (Å²) in [5, 5.41) is 14.9. The van der Waals surface area contributed by atoms with E-state index in [4.69, 9.17) is 0 Å². The van der Waals surface area contributed by atoms with Crippen molar-refractivity contribution in [1.82, 2.24) is 16.0 Å². The second-order valence-corrected chi connectivity index (χ2v) is 8.64. The third kappa shape index (κ3) is 54.0. The molecule has 0 unspecified atom stereocenters. The van der Waals surface area contributed by atoms with Gasteiger partial charge in [-0.15, -0.1) is 50.3 Å². The van der Waals surface area contributed by atoms with Gasteiger partial charge in [-0.3, -0.25) is 0 Å². The fourth-order valence-corrected chi connectivity index (χ4v) is 3.16. The van der Waals surface area contributed by atoms with Crippen molar-refractivity contribution in [2.24, 2.45) is 0 Å². The first kappa shape index (κ1) is 60.6. The fraction of sp³-hybridized carbons (Fsp3) is 0.308. The van der Waals surface area contributed by atoms with E-state index >= 15 is 0 Å². The van der Waals surface area contributed by atoms with Crippen LogP contribution in [0.4, 0.5) is 0 Å². The summed E-state index contributed by atoms with van der Waals surface area (Å²) in [7, 11) is 0. The maximum Gasteiger partial charge on any atom is 0 e. The van der Waals surface area contributed by atoms with Gasteiger partial charge in [0.15, 0.2) is 0 Å². The third-order valence-corrected chi connectivity index (χ3v) is 5.18. The van der Waals surface area contributed by atoms with E-state index in [9.17, 15) is 0 Å². The van der Waals surface area contributed by atoms with E-state index in [1.54, 1.807) is 0 Å². The van der Waals surface area contributed by atoms with Crippen LogP contribution in [0.3, 0.4) is 0 Å². The maximum absolute atomic E-state index is 4.51. The zero-order valence-corrected chi connectivity index (χ0v) is 32.7. The van der Waals surface area contributed by atoms with Crippen molar-refractivity contribution in [1.29, 1.82) is 0 Å². The van der Waals surface area contributed by atoms with Crippen LogP contribution in [0.2, 0.25) is 0 Å². The second kappa shape index (κ2) is 56.6. The van der Waals surface area contributed by atoms with Gasteiger partial charge in [0, 0.05) is 21.7 Å². The van der Waals surface area contributed by atoms with Crippen LogP contribution in [0, 0.1) is 46.5 Å². The molecule has 0 aromatic heterocycles. The molecule has 5 rings (SSSR count). The minimum atomic E-state index is 0. The van der Waals surface area contributed by atoms with Crippen LogP contribution in [0.5, 0.6) is 0 Å². The molecule has 1 heterocycles. The van der Waals surface area contributed by atoms with Gasteiger partial charge in [-0.25, -0.2) is 0 Å². The van der Waals surface area contributed by atoms with E-state index in [1.165, 1.54) is 25.7 Å². The Morgan fingerprint density at radius 1 is 0.340 bits per heavy atom. The molecule has 0 radical (unpaired) electrons. The maximum atomic E-state index is 4.51. The minimum absolute atomic E-state index is 0. The predicted octanol–water partition coefficient (Wildman–Crippen LogP) is 9.26. The second-order valence-electron chi connectivity index (χ2n) is 8.64. The summed E-state index contributed by atoms with van der Waals surface area (Å²) in [6.07, 6.45) is 4.82. The smallest absolute Gasteiger partial charge is 0 e. The molecule has 4 aromatic rings. The average Bonchev–Trinajstić information content (AvgIpc) is 3.06. The van der Waals surface area contributed by atoms with Crippen molar-refractivity contribution < 1.29 is 21.7 Å². The molecule has 1 fully saturated rings. The van der Waals surface area contributed by atoms with Gasteiger partial charge in [-0.1, -0.05) is 12.8 Å². The van der Waals surface area contributed by atoms with Crippen LogP contribution in [0.1, 0.15) is 25.7 Å². The van der Waals surface area contributed by atoms with Gasteiger partial charge in [-0.05, 0) is 52.1 Å². The Balaban J connectivity index is -0.0000000881. The Kier molecular flexibility index (Phi) is 73.0. The first-order valence-corrected chi connectivity index (χ1v) is 14.4. The first-order chi connectivity index (χ1) is 20.0. The molecule has 0 atom stereocenters. The standard InChI is InChI=1S/C12H27N4.4C6H5.3CH3.3ClH.Ti/c1-5-13-7-2-9-15-11-4-12-16-10-3-8-14-6-1;4*1-2-4-6-5-3-1;;;;;;;/h13-15H,1-12H2;4*1-5H;3*1H3;3*1H;/q8*-1;;;;. The summed E-state index contributed by atoms with van der Waals surface area (Å²) < 4.78 is 0. The van der Waals surface area contributed by atoms with Crippen molar-refractivity contribution >= 4 is 37.2 Å². The van der Waals surface area contributed by atoms with E-state index in [0.29, 0.717) is 0 Å². The number of halogens is 3. The Morgan fingerprint density at radius 2 is 0.553 bits per heavy atom. The molecule has 1 aliphatic heterocycles. The quantitative estimate of drug-likeness (QED) is 0.125. The van der Waals surface area contributed by atoms with Crippen LogP contribution in [0.25, 0.3) is 5.32 Å². The predicted molar refractivity (Wildman–Crippen MR) is 212 cm³/mol. The van der Waals surface area contributed by atoms with E-state index in [-0.39, 0.29) is 81.2 Å². The normalized spacial score (nSPS) is 12.3. The largest absolute Gasteiger partial charge is 0.662 e. The van der Waals surface area contributed by atoms with E-state index in [1.807, 2.05) is 121 Å². The molecule has 0 aliphatic carbocycles. The van der Waals surface area contributed by atoms with Crippen LogP contribution in [-0.4, -0.2) is 52.4 Å². The van der Waals surface area contributed by atoms with Gasteiger partial charge >= 0.3 is 0 Å². The molecule has 4 aromatic carbocycles. The van der Waals surface area contributed by atoms with E-state index in [0.717, 1.165) is 52.4 Å². The van der Waals surface area contributed by atoms with Crippen molar-refractivity contribution in [2.45, 2.75) is 25.7 Å². The molecule has 47 heavy (non-hydrogen) atoms. The molecule has 8 heteroatoms. The van der Waals surface area contributed by atoms with E-state index < -0.39 is 0 Å². The van der Waals surface area contributed by atoms with Gasteiger partial charge in [0.1, 0.15) is 0 Å². The number of nitrogens with zero attached hydrogens (tertiary/aromatic N) is 1. The van der Waals surface area contributed by atoms with Gasteiger partial charge in [0.25, 0.3) is 0 Å². The average molecular weight is 738 g/mol. The van der Waals surface area contributed by atoms with E-state index in [2.05, 4.69) is 45.5 Å². The Labute approximate surface area is 324 Å². The molecule has 0 saturated carbocycles. The van der Waals surface area contributed by atoms with Gasteiger partial charge in [-0.2, -0.15) is 146 Å². The molecular weight excluding hydrogens is 679 g/mol. The topological polar surface area (TPSA) is 50.2 Å². The van der Waals surface area contributed by atoms with Gasteiger partial charge in [0.05, 0.1) is 0 Å². The van der Waals surface area contributed by atoms with Crippen molar-refractivity contribution in [2.75, 3.05) is 52.4 Å². The Morgan fingerprint density at radius 3 is 0.723 bits per heavy atom. The summed E-state index contributed by atoms with van der Waals surface area (Å²) in [5.41, 5.74) is 0. The van der Waals surface area contributed by atoms with Crippen LogP contribution < -0.4 is 16.0 Å². The minimum Gasteiger partial charge on any atom is -0.662 e. The van der Waals surface area contributed by atoms with Crippen molar-refractivity contribution in [3.8, 4) is 0 Å². The summed E-state index contributed by atoms with van der Waals surface area (Å²) in [6, 6.07) is 50.0. The summed E-state index contributed by atoms with van der Waals surface area (Å²) in [5.74, 6) is 0. The first-order valence-electron chi connectivity index (χ1n) is 14.4. The number of rotatable bonds is 0. The molecule has 0 bridgehead atoms. The summed E-state index contributed by atoms with van der Waals surface area (Å²) in [6.45, 7) is 8.80. The summed E-state index contributed by atoms with van der Waals surface area (Å²) >= 11 is 0. The third-order valence-electron chi connectivity index (χ3n) is 5.18. The number of benzene rings is 4.